The van der Waals surface area contributed by atoms with Gasteiger partial charge in [0.15, 0.2) is 0 Å². The number of ether oxygens (including phenoxy) is 1. The molecular weight excluding hydrogens is 380 g/mol. The molecule has 3 N–H and O–H groups in total. The van der Waals surface area contributed by atoms with Crippen LogP contribution in [0.2, 0.25) is 0 Å². The molecule has 0 bridgehead atoms. The smallest absolute Gasteiger partial charge is 0.234 e. The second-order valence-corrected chi connectivity index (χ2v) is 8.17. The van der Waals surface area contributed by atoms with Gasteiger partial charge in [0.05, 0.1) is 5.52 Å². The van der Waals surface area contributed by atoms with Crippen molar-refractivity contribution in [3.8, 4) is 17.4 Å². The molecule has 8 nitrogen and oxygen atoms in total. The third-order valence-electron chi connectivity index (χ3n) is 6.29. The second kappa shape index (κ2) is 7.28. The molecule has 2 aromatic heterocycles. The number of hydrogen-bond donors (Lipinski definition) is 2. The maximum atomic E-state index is 10.2. The summed E-state index contributed by atoms with van der Waals surface area (Å²) < 4.78 is 6.26. The Morgan fingerprint density at radius 3 is 2.90 bits per heavy atom. The van der Waals surface area contributed by atoms with Gasteiger partial charge in [-0.25, -0.2) is 9.97 Å². The number of aromatic hydroxyl groups is 1. The number of pyridine rings is 1. The molecule has 156 valence electrons. The number of anilines is 2. The number of fused-ring (bicyclic) bond motifs is 2. The topological polar surface area (TPSA) is 101 Å². The fourth-order valence-corrected chi connectivity index (χ4v) is 4.56. The number of nitrogens with zero attached hydrogens (tertiary/aromatic N) is 5. The lowest BCUT2D eigenvalue weighted by Gasteiger charge is -2.38. The number of benzene rings is 1. The highest BCUT2D eigenvalue weighted by molar-refractivity contribution is 5.94. The molecule has 1 atom stereocenters. The molecule has 8 heteroatoms. The van der Waals surface area contributed by atoms with Crippen molar-refractivity contribution in [3.63, 3.8) is 0 Å². The van der Waals surface area contributed by atoms with Gasteiger partial charge >= 0.3 is 0 Å². The van der Waals surface area contributed by atoms with E-state index in [9.17, 15) is 5.11 Å². The van der Waals surface area contributed by atoms with Crippen LogP contribution in [0.4, 0.5) is 11.6 Å². The molecule has 0 amide bonds. The number of aryl methyl sites for hydroxylation is 1. The summed E-state index contributed by atoms with van der Waals surface area (Å²) in [7, 11) is 0. The molecule has 5 rings (SSSR count). The summed E-state index contributed by atoms with van der Waals surface area (Å²) in [6.45, 7) is 7.85. The first-order valence-corrected chi connectivity index (χ1v) is 10.4. The fraction of sp³-hybridized carbons (Fsp3) is 0.409. The van der Waals surface area contributed by atoms with Crippen molar-refractivity contribution in [1.29, 1.82) is 0 Å². The number of rotatable bonds is 3. The Bertz CT molecular complexity index is 1120. The van der Waals surface area contributed by atoms with E-state index in [-0.39, 0.29) is 5.75 Å². The average Bonchev–Trinajstić information content (AvgIpc) is 3.21. The number of phenolic OH excluding ortho intramolecular Hbond substituents is 1. The molecule has 2 aliphatic rings. The van der Waals surface area contributed by atoms with Crippen molar-refractivity contribution in [2.45, 2.75) is 32.7 Å². The minimum Gasteiger partial charge on any atom is -0.508 e. The summed E-state index contributed by atoms with van der Waals surface area (Å²) in [6.07, 6.45) is 3.95. The molecule has 0 radical (unpaired) electrons. The predicted molar refractivity (Wildman–Crippen MR) is 116 cm³/mol. The van der Waals surface area contributed by atoms with Crippen LogP contribution in [0.15, 0.2) is 24.5 Å². The first-order chi connectivity index (χ1) is 14.5. The molecule has 3 aromatic rings. The Hall–Kier alpha value is -3.13. The first kappa shape index (κ1) is 18.9. The number of phenols is 1. The van der Waals surface area contributed by atoms with Gasteiger partial charge < -0.3 is 20.5 Å². The van der Waals surface area contributed by atoms with Gasteiger partial charge in [-0.15, -0.1) is 0 Å². The molecule has 0 saturated carbocycles. The molecule has 0 aliphatic carbocycles. The van der Waals surface area contributed by atoms with E-state index in [0.29, 0.717) is 40.0 Å². The van der Waals surface area contributed by atoms with Crippen LogP contribution in [-0.4, -0.2) is 57.2 Å². The molecule has 0 spiro atoms. The van der Waals surface area contributed by atoms with Gasteiger partial charge in [0, 0.05) is 37.3 Å². The first-order valence-electron chi connectivity index (χ1n) is 10.4. The van der Waals surface area contributed by atoms with Gasteiger partial charge in [0.1, 0.15) is 34.8 Å². The lowest BCUT2D eigenvalue weighted by atomic mass is 10.1. The van der Waals surface area contributed by atoms with E-state index in [4.69, 9.17) is 15.5 Å². The fourth-order valence-electron chi connectivity index (χ4n) is 4.56. The highest BCUT2D eigenvalue weighted by Crippen LogP contribution is 2.38. The lowest BCUT2D eigenvalue weighted by molar-refractivity contribution is 0.230. The van der Waals surface area contributed by atoms with Gasteiger partial charge in [-0.2, -0.15) is 4.98 Å². The van der Waals surface area contributed by atoms with Gasteiger partial charge in [-0.3, -0.25) is 4.90 Å². The second-order valence-electron chi connectivity index (χ2n) is 8.17. The lowest BCUT2D eigenvalue weighted by Crippen LogP contribution is -2.50. The number of piperazine rings is 1. The van der Waals surface area contributed by atoms with Crippen molar-refractivity contribution in [2.75, 3.05) is 36.8 Å². The maximum absolute atomic E-state index is 10.2. The number of aromatic nitrogens is 3. The van der Waals surface area contributed by atoms with Crippen LogP contribution < -0.4 is 15.4 Å². The normalized spacial score (nSPS) is 19.3. The number of nitrogen functional groups attached to an aromatic ring is 1. The van der Waals surface area contributed by atoms with Crippen molar-refractivity contribution >= 4 is 22.5 Å². The third-order valence-corrected chi connectivity index (χ3v) is 6.29. The molecule has 1 aromatic carbocycles. The summed E-state index contributed by atoms with van der Waals surface area (Å²) in [5, 5.41) is 10.7. The summed E-state index contributed by atoms with van der Waals surface area (Å²) in [5.74, 6) is 2.27. The Morgan fingerprint density at radius 2 is 2.03 bits per heavy atom. The number of hydrogen-bond acceptors (Lipinski definition) is 8. The van der Waals surface area contributed by atoms with E-state index >= 15 is 0 Å². The standard InChI is InChI=1S/C22H26N6O2/c1-13-5-6-17(29)14(2)20(13)30-22-19-16(24-12-25-21(19)23)10-18(26-22)28-9-8-27-7-3-4-15(27)11-28/h5-6,10,12,15,29H,3-4,7-9,11H2,1-2H3,(H2,23,24,25)/t15-/m1/s1. The monoisotopic (exact) mass is 406 g/mol. The van der Waals surface area contributed by atoms with Gasteiger partial charge in [0.2, 0.25) is 5.88 Å². The molecule has 0 unspecified atom stereocenters. The Kier molecular flexibility index (Phi) is 4.58. The molecular formula is C22H26N6O2. The van der Waals surface area contributed by atoms with E-state index in [0.717, 1.165) is 31.0 Å². The van der Waals surface area contributed by atoms with Gasteiger partial charge in [0.25, 0.3) is 0 Å². The van der Waals surface area contributed by atoms with Crippen LogP contribution in [0.3, 0.4) is 0 Å². The summed E-state index contributed by atoms with van der Waals surface area (Å²) in [4.78, 5) is 18.3. The molecule has 2 aliphatic heterocycles. The molecule has 2 fully saturated rings. The molecule has 30 heavy (non-hydrogen) atoms. The summed E-state index contributed by atoms with van der Waals surface area (Å²) in [5.41, 5.74) is 8.44. The zero-order valence-electron chi connectivity index (χ0n) is 17.3. The van der Waals surface area contributed by atoms with E-state index in [1.165, 1.54) is 25.7 Å². The van der Waals surface area contributed by atoms with Gasteiger partial charge in [-0.05, 0) is 44.9 Å². The van der Waals surface area contributed by atoms with Gasteiger partial charge in [-0.1, -0.05) is 6.07 Å². The van der Waals surface area contributed by atoms with Crippen LogP contribution in [-0.2, 0) is 0 Å². The minimum atomic E-state index is 0.178. The van der Waals surface area contributed by atoms with E-state index in [1.807, 2.05) is 26.0 Å². The van der Waals surface area contributed by atoms with E-state index < -0.39 is 0 Å². The van der Waals surface area contributed by atoms with Crippen LogP contribution >= 0.6 is 0 Å². The SMILES string of the molecule is Cc1ccc(O)c(C)c1Oc1nc(N2CCN3CCC[C@@H]3C2)cc2ncnc(N)c12. The summed E-state index contributed by atoms with van der Waals surface area (Å²) >= 11 is 0. The highest BCUT2D eigenvalue weighted by atomic mass is 16.5. The third kappa shape index (κ3) is 3.17. The Labute approximate surface area is 175 Å². The van der Waals surface area contributed by atoms with Crippen molar-refractivity contribution in [3.05, 3.63) is 35.7 Å². The van der Waals surface area contributed by atoms with E-state index in [1.54, 1.807) is 6.07 Å². The van der Waals surface area contributed by atoms with Crippen molar-refractivity contribution < 1.29 is 9.84 Å². The largest absolute Gasteiger partial charge is 0.508 e. The van der Waals surface area contributed by atoms with Crippen LogP contribution in [0.1, 0.15) is 24.0 Å². The van der Waals surface area contributed by atoms with Crippen molar-refractivity contribution in [2.24, 2.45) is 0 Å². The van der Waals surface area contributed by atoms with Crippen LogP contribution in [0.25, 0.3) is 10.9 Å². The minimum absolute atomic E-state index is 0.178. The van der Waals surface area contributed by atoms with Crippen LogP contribution in [0, 0.1) is 13.8 Å². The quantitative estimate of drug-likeness (QED) is 0.685. The average molecular weight is 406 g/mol. The summed E-state index contributed by atoms with van der Waals surface area (Å²) in [6, 6.07) is 6.03. The van der Waals surface area contributed by atoms with E-state index in [2.05, 4.69) is 19.8 Å². The zero-order valence-corrected chi connectivity index (χ0v) is 17.3. The highest BCUT2D eigenvalue weighted by Gasteiger charge is 2.31. The number of nitrogens with two attached hydrogens (primary N) is 1. The Balaban J connectivity index is 1.59. The zero-order chi connectivity index (χ0) is 20.8. The molecule has 2 saturated heterocycles. The van der Waals surface area contributed by atoms with Crippen molar-refractivity contribution in [1.82, 2.24) is 19.9 Å². The van der Waals surface area contributed by atoms with Crippen LogP contribution in [0.5, 0.6) is 17.4 Å². The Morgan fingerprint density at radius 1 is 1.17 bits per heavy atom. The predicted octanol–water partition coefficient (Wildman–Crippen LogP) is 3.01. The maximum Gasteiger partial charge on any atom is 0.234 e. The molecule has 4 heterocycles.